The lowest BCUT2D eigenvalue weighted by Crippen LogP contribution is -1.89. The van der Waals surface area contributed by atoms with Crippen LogP contribution in [0.1, 0.15) is 13.8 Å². The van der Waals surface area contributed by atoms with Crippen LogP contribution in [0.5, 0.6) is 0 Å². The van der Waals surface area contributed by atoms with Gasteiger partial charge in [-0.2, -0.15) is 0 Å². The van der Waals surface area contributed by atoms with Crippen molar-refractivity contribution in [3.05, 3.63) is 0 Å². The molecule has 0 aromatic rings. The Kier molecular flexibility index (Phi) is 5.04. The predicted octanol–water partition coefficient (Wildman–Crippen LogP) is 3.37. The van der Waals surface area contributed by atoms with Gasteiger partial charge >= 0.3 is 5.92 Å². The van der Waals surface area contributed by atoms with Crippen molar-refractivity contribution in [2.24, 2.45) is 5.92 Å². The largest absolute Gasteiger partial charge is 0.346 e. The van der Waals surface area contributed by atoms with Gasteiger partial charge in [-0.15, -0.1) is 0 Å². The van der Waals surface area contributed by atoms with Crippen molar-refractivity contribution in [1.82, 2.24) is 0 Å². The molecule has 0 aliphatic rings. The minimum Gasteiger partial charge on any atom is -0.313 e. The van der Waals surface area contributed by atoms with E-state index in [0.717, 1.165) is 5.75 Å². The van der Waals surface area contributed by atoms with Crippen LogP contribution in [-0.4, -0.2) is 12.9 Å². The summed E-state index contributed by atoms with van der Waals surface area (Å²) >= 11 is 6.65. The van der Waals surface area contributed by atoms with Crippen LogP contribution in [0.4, 0.5) is 0 Å². The summed E-state index contributed by atoms with van der Waals surface area (Å²) in [5.74, 6) is -1.57. The molecular weight excluding hydrogens is 191 g/mol. The Bertz CT molecular complexity index is 140. The first-order valence-corrected chi connectivity index (χ1v) is 7.10. The molecule has 0 amide bonds. The lowest BCUT2D eigenvalue weighted by atomic mass is 10.3. The first-order valence-electron chi connectivity index (χ1n) is 2.98. The van der Waals surface area contributed by atoms with Gasteiger partial charge in [-0.3, -0.25) is 4.57 Å². The smallest absolute Gasteiger partial charge is 0.313 e. The zero-order valence-electron chi connectivity index (χ0n) is 6.33. The summed E-state index contributed by atoms with van der Waals surface area (Å²) in [5.41, 5.74) is 0. The van der Waals surface area contributed by atoms with E-state index >= 15 is 0 Å². The van der Waals surface area contributed by atoms with Crippen LogP contribution in [0.15, 0.2) is 0 Å². The second-order valence-electron chi connectivity index (χ2n) is 2.30. The highest BCUT2D eigenvalue weighted by Crippen LogP contribution is 2.63. The van der Waals surface area contributed by atoms with Gasteiger partial charge in [-0.1, -0.05) is 25.2 Å². The van der Waals surface area contributed by atoms with Crippen molar-refractivity contribution in [3.8, 4) is 0 Å². The third kappa shape index (κ3) is 5.60. The van der Waals surface area contributed by atoms with Crippen molar-refractivity contribution in [3.63, 3.8) is 0 Å². The highest BCUT2D eigenvalue weighted by molar-refractivity contribution is 8.63. The molecule has 2 nitrogen and oxygen atoms in total. The van der Waals surface area contributed by atoms with E-state index in [-0.39, 0.29) is 0 Å². The van der Waals surface area contributed by atoms with Crippen LogP contribution in [0.3, 0.4) is 0 Å². The second kappa shape index (κ2) is 4.66. The van der Waals surface area contributed by atoms with E-state index in [9.17, 15) is 4.57 Å². The van der Waals surface area contributed by atoms with Crippen LogP contribution in [0.25, 0.3) is 0 Å². The van der Waals surface area contributed by atoms with E-state index in [4.69, 9.17) is 11.2 Å². The van der Waals surface area contributed by atoms with Gasteiger partial charge < -0.3 is 4.52 Å². The van der Waals surface area contributed by atoms with Gasteiger partial charge in [0, 0.05) is 12.9 Å². The van der Waals surface area contributed by atoms with Gasteiger partial charge in [0.1, 0.15) is 0 Å². The lowest BCUT2D eigenvalue weighted by Gasteiger charge is -2.07. The highest BCUT2D eigenvalue weighted by Gasteiger charge is 2.17. The maximum Gasteiger partial charge on any atom is 0.346 e. The van der Waals surface area contributed by atoms with Crippen molar-refractivity contribution >= 4 is 28.5 Å². The molecule has 0 N–H and O–H groups in total. The lowest BCUT2D eigenvalue weighted by molar-refractivity contribution is 0.422. The van der Waals surface area contributed by atoms with Crippen molar-refractivity contribution in [2.45, 2.75) is 13.8 Å². The molecule has 1 atom stereocenters. The first kappa shape index (κ1) is 10.8. The number of halogens is 1. The van der Waals surface area contributed by atoms with Gasteiger partial charge in [0.2, 0.25) is 0 Å². The minimum absolute atomic E-state index is 0.493. The van der Waals surface area contributed by atoms with E-state index in [1.165, 1.54) is 18.5 Å². The van der Waals surface area contributed by atoms with Crippen LogP contribution >= 0.6 is 28.5 Å². The molecule has 0 heterocycles. The maximum atomic E-state index is 11.0. The standard InChI is InChI=1S/C5H12ClO2PS/c1-5(2)4-10-9(6,7)8-3/h5H,4H2,1-3H3. The van der Waals surface area contributed by atoms with Gasteiger partial charge in [0.05, 0.1) is 0 Å². The summed E-state index contributed by atoms with van der Waals surface area (Å²) in [6.45, 7) is 4.08. The number of hydrogen-bond acceptors (Lipinski definition) is 3. The Morgan fingerprint density at radius 3 is 2.50 bits per heavy atom. The van der Waals surface area contributed by atoms with Crippen molar-refractivity contribution in [1.29, 1.82) is 0 Å². The van der Waals surface area contributed by atoms with Gasteiger partial charge in [-0.05, 0) is 17.2 Å². The molecule has 5 heteroatoms. The molecule has 62 valence electrons. The summed E-state index contributed by atoms with van der Waals surface area (Å²) in [6.07, 6.45) is 0. The van der Waals surface area contributed by atoms with Crippen LogP contribution in [0, 0.1) is 5.92 Å². The van der Waals surface area contributed by atoms with Crippen LogP contribution in [0.2, 0.25) is 0 Å². The molecule has 0 saturated carbocycles. The molecule has 0 aliphatic heterocycles. The molecule has 0 saturated heterocycles. The quantitative estimate of drug-likeness (QED) is 0.654. The zero-order valence-corrected chi connectivity index (χ0v) is 8.80. The average molecular weight is 203 g/mol. The van der Waals surface area contributed by atoms with Crippen molar-refractivity contribution in [2.75, 3.05) is 12.9 Å². The minimum atomic E-state index is -2.84. The molecule has 0 fully saturated rings. The molecule has 1 unspecified atom stereocenters. The zero-order chi connectivity index (χ0) is 8.20. The second-order valence-corrected chi connectivity index (χ2v) is 8.27. The van der Waals surface area contributed by atoms with Gasteiger partial charge in [0.25, 0.3) is 0 Å². The van der Waals surface area contributed by atoms with Crippen LogP contribution in [-0.2, 0) is 9.09 Å². The van der Waals surface area contributed by atoms with Gasteiger partial charge in [0.15, 0.2) is 0 Å². The fraction of sp³-hybridized carbons (Fsp3) is 1.00. The molecule has 0 radical (unpaired) electrons. The summed E-state index contributed by atoms with van der Waals surface area (Å²) in [4.78, 5) is 0. The van der Waals surface area contributed by atoms with E-state index < -0.39 is 5.92 Å². The van der Waals surface area contributed by atoms with Crippen LogP contribution < -0.4 is 0 Å². The van der Waals surface area contributed by atoms with E-state index in [1.54, 1.807) is 0 Å². The molecular formula is C5H12ClO2PS. The summed E-state index contributed by atoms with van der Waals surface area (Å²) in [6, 6.07) is 0. The fourth-order valence-corrected chi connectivity index (χ4v) is 3.12. The highest BCUT2D eigenvalue weighted by atomic mass is 35.7. The number of rotatable bonds is 4. The summed E-state index contributed by atoms with van der Waals surface area (Å²) in [5, 5.41) is 0. The normalized spacial score (nSPS) is 17.3. The summed E-state index contributed by atoms with van der Waals surface area (Å²) < 4.78 is 15.6. The molecule has 0 aromatic carbocycles. The van der Waals surface area contributed by atoms with E-state index in [2.05, 4.69) is 4.52 Å². The molecule has 0 rings (SSSR count). The maximum absolute atomic E-state index is 11.0. The Balaban J connectivity index is 3.58. The van der Waals surface area contributed by atoms with E-state index in [1.807, 2.05) is 13.8 Å². The molecule has 0 aliphatic carbocycles. The molecule has 0 spiro atoms. The summed E-state index contributed by atoms with van der Waals surface area (Å²) in [7, 11) is 1.36. The Hall–Kier alpha value is 0.830. The third-order valence-corrected chi connectivity index (χ3v) is 5.45. The fourth-order valence-electron chi connectivity index (χ4n) is 0.291. The van der Waals surface area contributed by atoms with Crippen molar-refractivity contribution < 1.29 is 9.09 Å². The molecule has 0 bridgehead atoms. The SMILES string of the molecule is COP(=O)(Cl)SCC(C)C. The molecule has 10 heavy (non-hydrogen) atoms. The first-order chi connectivity index (χ1) is 4.48. The van der Waals surface area contributed by atoms with E-state index in [0.29, 0.717) is 5.92 Å². The topological polar surface area (TPSA) is 26.3 Å². The molecule has 0 aromatic heterocycles. The predicted molar refractivity (Wildman–Crippen MR) is 47.8 cm³/mol. The number of hydrogen-bond donors (Lipinski definition) is 0. The van der Waals surface area contributed by atoms with Gasteiger partial charge in [-0.25, -0.2) is 0 Å². The Morgan fingerprint density at radius 2 is 2.20 bits per heavy atom. The Morgan fingerprint density at radius 1 is 1.70 bits per heavy atom. The Labute approximate surface area is 70.7 Å². The third-order valence-electron chi connectivity index (χ3n) is 0.780. The monoisotopic (exact) mass is 202 g/mol. The average Bonchev–Trinajstić information content (AvgIpc) is 1.85.